The molecule has 0 saturated heterocycles. The lowest BCUT2D eigenvalue weighted by Gasteiger charge is -2.19. The van der Waals surface area contributed by atoms with Gasteiger partial charge in [0.05, 0.1) is 6.04 Å². The van der Waals surface area contributed by atoms with Gasteiger partial charge in [0.25, 0.3) is 0 Å². The van der Waals surface area contributed by atoms with Crippen molar-refractivity contribution in [3.8, 4) is 0 Å². The summed E-state index contributed by atoms with van der Waals surface area (Å²) >= 11 is 0. The molecule has 0 saturated carbocycles. The quantitative estimate of drug-likeness (QED) is 0.769. The van der Waals surface area contributed by atoms with E-state index < -0.39 is 6.04 Å². The number of nitrogens with one attached hydrogen (secondary N) is 2. The van der Waals surface area contributed by atoms with Crippen LogP contribution < -0.4 is 10.6 Å². The van der Waals surface area contributed by atoms with E-state index in [1.807, 2.05) is 20.8 Å². The van der Waals surface area contributed by atoms with Crippen molar-refractivity contribution in [1.82, 2.24) is 20.4 Å². The number of carbonyl (C=O) groups is 1. The Morgan fingerprint density at radius 3 is 2.63 bits per heavy atom. The first kappa shape index (κ1) is 15.4. The van der Waals surface area contributed by atoms with Crippen LogP contribution in [-0.4, -0.2) is 47.2 Å². The molecule has 108 valence electrons. The second kappa shape index (κ2) is 7.08. The fourth-order valence-corrected chi connectivity index (χ4v) is 1.59. The third-order valence-corrected chi connectivity index (χ3v) is 2.88. The SMILES string of the molecule is CCNC(C)c1nnc(NC(C)C(=O)N(C)CC)o1. The highest BCUT2D eigenvalue weighted by atomic mass is 16.4. The molecule has 1 aromatic rings. The van der Waals surface area contributed by atoms with Crippen LogP contribution in [0.1, 0.15) is 39.6 Å². The van der Waals surface area contributed by atoms with Gasteiger partial charge in [-0.15, -0.1) is 5.10 Å². The second-order valence-corrected chi connectivity index (χ2v) is 4.44. The molecule has 1 heterocycles. The van der Waals surface area contributed by atoms with Crippen molar-refractivity contribution in [1.29, 1.82) is 0 Å². The van der Waals surface area contributed by atoms with E-state index in [1.165, 1.54) is 0 Å². The Kier molecular flexibility index (Phi) is 5.75. The van der Waals surface area contributed by atoms with Crippen LogP contribution in [0.25, 0.3) is 0 Å². The highest BCUT2D eigenvalue weighted by Crippen LogP contribution is 2.14. The molecule has 2 atom stereocenters. The Hall–Kier alpha value is -1.63. The highest BCUT2D eigenvalue weighted by Gasteiger charge is 2.19. The molecule has 1 rings (SSSR count). The topological polar surface area (TPSA) is 83.3 Å². The molecule has 0 aliphatic carbocycles. The maximum Gasteiger partial charge on any atom is 0.316 e. The molecular formula is C12H23N5O2. The lowest BCUT2D eigenvalue weighted by molar-refractivity contribution is -0.130. The van der Waals surface area contributed by atoms with Crippen molar-refractivity contribution in [3.63, 3.8) is 0 Å². The van der Waals surface area contributed by atoms with Gasteiger partial charge in [0.1, 0.15) is 6.04 Å². The summed E-state index contributed by atoms with van der Waals surface area (Å²) in [5, 5.41) is 13.9. The first-order valence-electron chi connectivity index (χ1n) is 6.57. The van der Waals surface area contributed by atoms with Crippen molar-refractivity contribution in [2.24, 2.45) is 0 Å². The van der Waals surface area contributed by atoms with Crippen LogP contribution in [0.5, 0.6) is 0 Å². The predicted molar refractivity (Wildman–Crippen MR) is 72.8 cm³/mol. The number of likely N-dealkylation sites (N-methyl/N-ethyl adjacent to an activating group) is 1. The summed E-state index contributed by atoms with van der Waals surface area (Å²) in [4.78, 5) is 13.5. The van der Waals surface area contributed by atoms with E-state index in [2.05, 4.69) is 20.8 Å². The maximum absolute atomic E-state index is 11.9. The van der Waals surface area contributed by atoms with Crippen molar-refractivity contribution in [2.45, 2.75) is 39.8 Å². The Morgan fingerprint density at radius 2 is 2.05 bits per heavy atom. The van der Waals surface area contributed by atoms with Gasteiger partial charge in [-0.2, -0.15) is 0 Å². The summed E-state index contributed by atoms with van der Waals surface area (Å²) in [6.07, 6.45) is 0. The minimum atomic E-state index is -0.396. The molecule has 0 aliphatic rings. The Balaban J connectivity index is 2.60. The van der Waals surface area contributed by atoms with Gasteiger partial charge in [-0.1, -0.05) is 12.0 Å². The van der Waals surface area contributed by atoms with E-state index in [4.69, 9.17) is 4.42 Å². The summed E-state index contributed by atoms with van der Waals surface area (Å²) in [6.45, 7) is 9.13. The van der Waals surface area contributed by atoms with Crippen molar-refractivity contribution in [3.05, 3.63) is 5.89 Å². The van der Waals surface area contributed by atoms with E-state index in [0.29, 0.717) is 12.4 Å². The predicted octanol–water partition coefficient (Wildman–Crippen LogP) is 1.02. The Labute approximate surface area is 113 Å². The van der Waals surface area contributed by atoms with Gasteiger partial charge in [0, 0.05) is 13.6 Å². The normalized spacial score (nSPS) is 13.9. The number of hydrogen-bond acceptors (Lipinski definition) is 6. The lowest BCUT2D eigenvalue weighted by atomic mass is 10.3. The zero-order valence-electron chi connectivity index (χ0n) is 12.2. The van der Waals surface area contributed by atoms with Gasteiger partial charge in [-0.3, -0.25) is 4.79 Å². The summed E-state index contributed by atoms with van der Waals surface area (Å²) in [5.74, 6) is 0.495. The zero-order chi connectivity index (χ0) is 14.4. The molecule has 0 spiro atoms. The number of amides is 1. The van der Waals surface area contributed by atoms with Crippen LogP contribution in [0.15, 0.2) is 4.42 Å². The van der Waals surface area contributed by atoms with E-state index in [1.54, 1.807) is 18.9 Å². The molecule has 0 radical (unpaired) electrons. The van der Waals surface area contributed by atoms with Crippen molar-refractivity contribution in [2.75, 3.05) is 25.5 Å². The molecule has 2 N–H and O–H groups in total. The monoisotopic (exact) mass is 269 g/mol. The molecule has 0 bridgehead atoms. The van der Waals surface area contributed by atoms with Crippen LogP contribution in [0.2, 0.25) is 0 Å². The third-order valence-electron chi connectivity index (χ3n) is 2.88. The van der Waals surface area contributed by atoms with Gasteiger partial charge >= 0.3 is 6.01 Å². The zero-order valence-corrected chi connectivity index (χ0v) is 12.2. The van der Waals surface area contributed by atoms with E-state index in [9.17, 15) is 4.79 Å². The molecule has 0 fully saturated rings. The highest BCUT2D eigenvalue weighted by molar-refractivity contribution is 5.83. The molecule has 2 unspecified atom stereocenters. The standard InChI is InChI=1S/C12H23N5O2/c1-6-13-8(3)10-15-16-12(19-10)14-9(4)11(18)17(5)7-2/h8-9,13H,6-7H2,1-5H3,(H,14,16). The molecular weight excluding hydrogens is 246 g/mol. The Bertz CT molecular complexity index is 407. The van der Waals surface area contributed by atoms with Crippen LogP contribution in [0, 0.1) is 0 Å². The van der Waals surface area contributed by atoms with E-state index >= 15 is 0 Å². The number of aromatic nitrogens is 2. The molecule has 0 aromatic carbocycles. The first-order valence-corrected chi connectivity index (χ1v) is 6.57. The molecule has 19 heavy (non-hydrogen) atoms. The number of rotatable bonds is 7. The summed E-state index contributed by atoms with van der Waals surface area (Å²) in [5.41, 5.74) is 0. The number of anilines is 1. The maximum atomic E-state index is 11.9. The third kappa shape index (κ3) is 4.20. The summed E-state index contributed by atoms with van der Waals surface area (Å²) < 4.78 is 5.47. The molecule has 7 nitrogen and oxygen atoms in total. The van der Waals surface area contributed by atoms with Crippen LogP contribution in [-0.2, 0) is 4.79 Å². The minimum Gasteiger partial charge on any atom is -0.406 e. The van der Waals surface area contributed by atoms with Gasteiger partial charge < -0.3 is 20.0 Å². The fourth-order valence-electron chi connectivity index (χ4n) is 1.59. The van der Waals surface area contributed by atoms with Crippen LogP contribution in [0.3, 0.4) is 0 Å². The van der Waals surface area contributed by atoms with E-state index in [0.717, 1.165) is 6.54 Å². The van der Waals surface area contributed by atoms with E-state index in [-0.39, 0.29) is 18.0 Å². The van der Waals surface area contributed by atoms with Crippen LogP contribution >= 0.6 is 0 Å². The van der Waals surface area contributed by atoms with Gasteiger partial charge in [0.15, 0.2) is 0 Å². The number of hydrogen-bond donors (Lipinski definition) is 2. The molecule has 1 aromatic heterocycles. The van der Waals surface area contributed by atoms with Gasteiger partial charge in [0.2, 0.25) is 11.8 Å². The molecule has 0 aliphatic heterocycles. The van der Waals surface area contributed by atoms with Crippen LogP contribution in [0.4, 0.5) is 6.01 Å². The molecule has 1 amide bonds. The van der Waals surface area contributed by atoms with Gasteiger partial charge in [-0.05, 0) is 27.3 Å². The molecule has 7 heteroatoms. The number of carbonyl (C=O) groups excluding carboxylic acids is 1. The average molecular weight is 269 g/mol. The first-order chi connectivity index (χ1) is 8.99. The van der Waals surface area contributed by atoms with Gasteiger partial charge in [-0.25, -0.2) is 0 Å². The summed E-state index contributed by atoms with van der Waals surface area (Å²) in [6, 6.07) is -0.129. The van der Waals surface area contributed by atoms with Crippen molar-refractivity contribution < 1.29 is 9.21 Å². The average Bonchev–Trinajstić information content (AvgIpc) is 2.85. The largest absolute Gasteiger partial charge is 0.406 e. The minimum absolute atomic E-state index is 0.00243. The second-order valence-electron chi connectivity index (χ2n) is 4.44. The lowest BCUT2D eigenvalue weighted by Crippen LogP contribution is -2.38. The number of nitrogens with zero attached hydrogens (tertiary/aromatic N) is 3. The fraction of sp³-hybridized carbons (Fsp3) is 0.750. The van der Waals surface area contributed by atoms with Crippen molar-refractivity contribution >= 4 is 11.9 Å². The smallest absolute Gasteiger partial charge is 0.316 e. The summed E-state index contributed by atoms with van der Waals surface area (Å²) in [7, 11) is 1.76. The Morgan fingerprint density at radius 1 is 1.37 bits per heavy atom.